The van der Waals surface area contributed by atoms with Crippen LogP contribution in [-0.2, 0) is 16.4 Å². The number of rotatable bonds is 6. The molecule has 0 spiro atoms. The summed E-state index contributed by atoms with van der Waals surface area (Å²) in [5.41, 5.74) is 1.47. The van der Waals surface area contributed by atoms with Crippen LogP contribution in [0.2, 0.25) is 0 Å². The monoisotopic (exact) mass is 433 g/mol. The molecule has 7 heteroatoms. The topological polar surface area (TPSA) is 81.1 Å². The van der Waals surface area contributed by atoms with Crippen molar-refractivity contribution in [1.82, 2.24) is 9.78 Å². The van der Waals surface area contributed by atoms with Crippen LogP contribution in [0.3, 0.4) is 0 Å². The summed E-state index contributed by atoms with van der Waals surface area (Å²) in [6.45, 7) is 3.77. The van der Waals surface area contributed by atoms with Gasteiger partial charge in [-0.05, 0) is 54.4 Å². The highest BCUT2D eigenvalue weighted by Crippen LogP contribution is 2.21. The molecule has 0 bridgehead atoms. The van der Waals surface area contributed by atoms with Crippen LogP contribution in [0.25, 0.3) is 10.8 Å². The predicted molar refractivity (Wildman–Crippen MR) is 122 cm³/mol. The van der Waals surface area contributed by atoms with Crippen molar-refractivity contribution < 1.29 is 13.2 Å². The average Bonchev–Trinajstić information content (AvgIpc) is 3.20. The maximum absolute atomic E-state index is 12.7. The Hall–Kier alpha value is -3.45. The minimum atomic E-state index is -3.37. The number of hydrogen-bond acceptors (Lipinski definition) is 4. The highest BCUT2D eigenvalue weighted by molar-refractivity contribution is 7.92. The number of benzene rings is 3. The van der Waals surface area contributed by atoms with Crippen molar-refractivity contribution in [2.24, 2.45) is 0 Å². The van der Waals surface area contributed by atoms with Gasteiger partial charge >= 0.3 is 0 Å². The van der Waals surface area contributed by atoms with Crippen molar-refractivity contribution in [3.05, 3.63) is 90.1 Å². The fourth-order valence-corrected chi connectivity index (χ4v) is 4.47. The van der Waals surface area contributed by atoms with Gasteiger partial charge in [0.25, 0.3) is 5.91 Å². The molecule has 1 heterocycles. The Morgan fingerprint density at radius 2 is 1.68 bits per heavy atom. The number of carbonyl (C=O) groups excluding carboxylic acids is 1. The lowest BCUT2D eigenvalue weighted by atomic mass is 10.0. The number of aromatic nitrogens is 2. The Bertz CT molecular complexity index is 1330. The summed E-state index contributed by atoms with van der Waals surface area (Å²) in [7, 11) is -3.37. The van der Waals surface area contributed by atoms with Gasteiger partial charge in [0, 0.05) is 11.6 Å². The second-order valence-electron chi connectivity index (χ2n) is 7.58. The van der Waals surface area contributed by atoms with Gasteiger partial charge in [-0.3, -0.25) is 4.79 Å². The first-order valence-corrected chi connectivity index (χ1v) is 11.5. The summed E-state index contributed by atoms with van der Waals surface area (Å²) in [6.07, 6.45) is 1.64. The summed E-state index contributed by atoms with van der Waals surface area (Å²) >= 11 is 0. The largest absolute Gasteiger partial charge is 0.307 e. The number of hydrogen-bond donors (Lipinski definition) is 1. The molecule has 3 aromatic carbocycles. The molecule has 0 saturated carbocycles. The maximum Gasteiger partial charge on any atom is 0.256 e. The number of sulfone groups is 1. The number of nitrogens with zero attached hydrogens (tertiary/aromatic N) is 2. The second kappa shape index (κ2) is 8.35. The van der Waals surface area contributed by atoms with Crippen LogP contribution in [-0.4, -0.2) is 29.4 Å². The van der Waals surface area contributed by atoms with Gasteiger partial charge in [-0.25, -0.2) is 13.1 Å². The van der Waals surface area contributed by atoms with E-state index in [1.807, 2.05) is 24.3 Å². The van der Waals surface area contributed by atoms with E-state index in [1.54, 1.807) is 30.8 Å². The molecule has 0 aliphatic carbocycles. The lowest BCUT2D eigenvalue weighted by Crippen LogP contribution is -2.17. The van der Waals surface area contributed by atoms with Crippen molar-refractivity contribution in [2.45, 2.75) is 30.5 Å². The van der Waals surface area contributed by atoms with Gasteiger partial charge in [0.05, 0.1) is 22.9 Å². The van der Waals surface area contributed by atoms with E-state index in [2.05, 4.69) is 28.6 Å². The van der Waals surface area contributed by atoms with Crippen molar-refractivity contribution in [3.63, 3.8) is 0 Å². The zero-order chi connectivity index (χ0) is 22.0. The van der Waals surface area contributed by atoms with Gasteiger partial charge < -0.3 is 5.32 Å². The smallest absolute Gasteiger partial charge is 0.256 e. The molecular formula is C24H23N3O3S. The van der Waals surface area contributed by atoms with E-state index in [1.165, 1.54) is 24.3 Å². The second-order valence-corrected chi connectivity index (χ2v) is 10.1. The zero-order valence-electron chi connectivity index (χ0n) is 17.3. The number of fused-ring (bicyclic) bond motifs is 1. The average molecular weight is 434 g/mol. The van der Waals surface area contributed by atoms with Crippen molar-refractivity contribution in [2.75, 3.05) is 5.32 Å². The quantitative estimate of drug-likeness (QED) is 0.485. The fourth-order valence-electron chi connectivity index (χ4n) is 3.41. The standard InChI is InChI=1S/C24H23N3O3S/c1-17(2)31(29,30)21-12-10-19(11-13-21)24(28)26-23-14-15-25-27(23)16-20-8-5-7-18-6-3-4-9-22(18)20/h3-15,17H,16H2,1-2H3,(H,26,28). The Morgan fingerprint density at radius 3 is 2.42 bits per heavy atom. The van der Waals surface area contributed by atoms with E-state index in [4.69, 9.17) is 0 Å². The molecule has 158 valence electrons. The molecule has 0 radical (unpaired) electrons. The van der Waals surface area contributed by atoms with Crippen LogP contribution in [0.5, 0.6) is 0 Å². The summed E-state index contributed by atoms with van der Waals surface area (Å²) in [5.74, 6) is 0.241. The zero-order valence-corrected chi connectivity index (χ0v) is 18.1. The molecule has 0 aliphatic rings. The lowest BCUT2D eigenvalue weighted by molar-refractivity contribution is 0.102. The first kappa shape index (κ1) is 20.8. The molecule has 1 N–H and O–H groups in total. The lowest BCUT2D eigenvalue weighted by Gasteiger charge is -2.12. The molecule has 6 nitrogen and oxygen atoms in total. The fraction of sp³-hybridized carbons (Fsp3) is 0.167. The first-order valence-electron chi connectivity index (χ1n) is 10.00. The van der Waals surface area contributed by atoms with Gasteiger partial charge in [0.2, 0.25) is 0 Å². The number of anilines is 1. The summed E-state index contributed by atoms with van der Waals surface area (Å²) in [6, 6.07) is 22.0. The van der Waals surface area contributed by atoms with Gasteiger partial charge in [-0.2, -0.15) is 5.10 Å². The van der Waals surface area contributed by atoms with E-state index >= 15 is 0 Å². The van der Waals surface area contributed by atoms with E-state index in [0.717, 1.165) is 16.3 Å². The highest BCUT2D eigenvalue weighted by Gasteiger charge is 2.19. The van der Waals surface area contributed by atoms with Crippen molar-refractivity contribution >= 4 is 32.3 Å². The van der Waals surface area contributed by atoms with Crippen LogP contribution in [0, 0.1) is 0 Å². The van der Waals surface area contributed by atoms with Crippen molar-refractivity contribution in [1.29, 1.82) is 0 Å². The van der Waals surface area contributed by atoms with Gasteiger partial charge in [-0.15, -0.1) is 0 Å². The maximum atomic E-state index is 12.7. The van der Waals surface area contributed by atoms with Crippen LogP contribution < -0.4 is 5.32 Å². The van der Waals surface area contributed by atoms with Gasteiger partial charge in [0.1, 0.15) is 5.82 Å². The Kier molecular flexibility index (Phi) is 5.61. The molecule has 0 saturated heterocycles. The number of carbonyl (C=O) groups is 1. The Labute approximate surface area is 181 Å². The third kappa shape index (κ3) is 4.22. The van der Waals surface area contributed by atoms with Gasteiger partial charge in [-0.1, -0.05) is 42.5 Å². The third-order valence-corrected chi connectivity index (χ3v) is 7.39. The molecular weight excluding hydrogens is 410 g/mol. The van der Waals surface area contributed by atoms with E-state index in [-0.39, 0.29) is 10.8 Å². The van der Waals surface area contributed by atoms with Crippen molar-refractivity contribution in [3.8, 4) is 0 Å². The molecule has 0 unspecified atom stereocenters. The van der Waals surface area contributed by atoms with Gasteiger partial charge in [0.15, 0.2) is 9.84 Å². The van der Waals surface area contributed by atoms with E-state index in [9.17, 15) is 13.2 Å². The molecule has 4 rings (SSSR count). The molecule has 31 heavy (non-hydrogen) atoms. The normalized spacial score (nSPS) is 11.7. The van der Waals surface area contributed by atoms with E-state index in [0.29, 0.717) is 17.9 Å². The minimum Gasteiger partial charge on any atom is -0.307 e. The van der Waals surface area contributed by atoms with Crippen LogP contribution in [0.1, 0.15) is 29.8 Å². The first-order chi connectivity index (χ1) is 14.9. The third-order valence-electron chi connectivity index (χ3n) is 5.22. The molecule has 1 amide bonds. The number of amides is 1. The van der Waals surface area contributed by atoms with Crippen LogP contribution in [0.15, 0.2) is 83.9 Å². The van der Waals surface area contributed by atoms with Crippen LogP contribution in [0.4, 0.5) is 5.82 Å². The molecule has 0 atom stereocenters. The highest BCUT2D eigenvalue weighted by atomic mass is 32.2. The summed E-state index contributed by atoms with van der Waals surface area (Å²) in [5, 5.41) is 8.99. The molecule has 4 aromatic rings. The Morgan fingerprint density at radius 1 is 0.968 bits per heavy atom. The SMILES string of the molecule is CC(C)S(=O)(=O)c1ccc(C(=O)Nc2ccnn2Cc2cccc3ccccc23)cc1. The predicted octanol–water partition coefficient (Wildman–Crippen LogP) is 4.52. The summed E-state index contributed by atoms with van der Waals surface area (Å²) in [4.78, 5) is 12.9. The minimum absolute atomic E-state index is 0.208. The molecule has 0 fully saturated rings. The Balaban J connectivity index is 1.54. The number of nitrogens with one attached hydrogen (secondary N) is 1. The molecule has 1 aromatic heterocycles. The van der Waals surface area contributed by atoms with E-state index < -0.39 is 15.1 Å². The molecule has 0 aliphatic heterocycles. The summed E-state index contributed by atoms with van der Waals surface area (Å²) < 4.78 is 26.3. The van der Waals surface area contributed by atoms with Crippen LogP contribution >= 0.6 is 0 Å².